The fourth-order valence-corrected chi connectivity index (χ4v) is 3.39. The third-order valence-electron chi connectivity index (χ3n) is 5.07. The minimum absolute atomic E-state index is 0.307. The van der Waals surface area contributed by atoms with Gasteiger partial charge in [-0.15, -0.1) is 0 Å². The summed E-state index contributed by atoms with van der Waals surface area (Å²) >= 11 is 0. The highest BCUT2D eigenvalue weighted by molar-refractivity contribution is 5.84. The van der Waals surface area contributed by atoms with E-state index in [4.69, 9.17) is 5.73 Å². The van der Waals surface area contributed by atoms with Crippen LogP contribution in [-0.2, 0) is 0 Å². The fraction of sp³-hybridized carbons (Fsp3) is 0.450. The van der Waals surface area contributed by atoms with Crippen molar-refractivity contribution in [3.05, 3.63) is 41.0 Å². The number of anilines is 1. The van der Waals surface area contributed by atoms with E-state index in [0.29, 0.717) is 5.92 Å². The van der Waals surface area contributed by atoms with Gasteiger partial charge in [0.1, 0.15) is 5.83 Å². The minimum atomic E-state index is -0.457. The largest absolute Gasteiger partial charge is 0.387 e. The molecule has 5 heteroatoms. The summed E-state index contributed by atoms with van der Waals surface area (Å²) in [6.07, 6.45) is 3.73. The van der Waals surface area contributed by atoms with E-state index in [-0.39, 0.29) is 0 Å². The number of aliphatic imine (C=N–C) groups is 1. The smallest absolute Gasteiger partial charge is 0.116 e. The van der Waals surface area contributed by atoms with E-state index in [9.17, 15) is 4.39 Å². The first-order valence-corrected chi connectivity index (χ1v) is 8.95. The zero-order chi connectivity index (χ0) is 17.8. The Bertz CT molecular complexity index is 766. The number of halogens is 1. The minimum Gasteiger partial charge on any atom is -0.387 e. The zero-order valence-electron chi connectivity index (χ0n) is 14.8. The maximum Gasteiger partial charge on any atom is 0.116 e. The second-order valence-corrected chi connectivity index (χ2v) is 6.91. The zero-order valence-corrected chi connectivity index (χ0v) is 14.8. The first-order valence-electron chi connectivity index (χ1n) is 8.95. The summed E-state index contributed by atoms with van der Waals surface area (Å²) in [5, 5.41) is 1.56. The van der Waals surface area contributed by atoms with Crippen molar-refractivity contribution in [3.8, 4) is 0 Å². The van der Waals surface area contributed by atoms with Crippen molar-refractivity contribution in [1.82, 2.24) is 4.90 Å². The summed E-state index contributed by atoms with van der Waals surface area (Å²) in [5.41, 5.74) is 7.31. The Kier molecular flexibility index (Phi) is 5.53. The maximum atomic E-state index is 13.0. The topological polar surface area (TPSA) is 44.9 Å². The number of amidine groups is 1. The van der Waals surface area contributed by atoms with E-state index < -0.39 is 5.83 Å². The van der Waals surface area contributed by atoms with Crippen LogP contribution in [0.4, 0.5) is 10.1 Å². The van der Waals surface area contributed by atoms with Crippen LogP contribution in [0.3, 0.4) is 0 Å². The Morgan fingerprint density at radius 2 is 2.16 bits per heavy atom. The van der Waals surface area contributed by atoms with Gasteiger partial charge in [0, 0.05) is 31.2 Å². The molecule has 2 aliphatic rings. The molecule has 1 unspecified atom stereocenters. The number of nitrogens with zero attached hydrogens (tertiary/aromatic N) is 3. The van der Waals surface area contributed by atoms with Crippen LogP contribution in [-0.4, -0.2) is 50.0 Å². The van der Waals surface area contributed by atoms with Gasteiger partial charge < -0.3 is 15.5 Å². The second kappa shape index (κ2) is 7.83. The summed E-state index contributed by atoms with van der Waals surface area (Å²) in [6.45, 7) is 13.3. The lowest BCUT2D eigenvalue weighted by atomic mass is 10.1. The van der Waals surface area contributed by atoms with Crippen molar-refractivity contribution >= 4 is 24.2 Å². The highest BCUT2D eigenvalue weighted by atomic mass is 19.1. The molecule has 1 aromatic carbocycles. The Balaban J connectivity index is 1.60. The van der Waals surface area contributed by atoms with Crippen molar-refractivity contribution in [2.75, 3.05) is 44.2 Å². The quantitative estimate of drug-likeness (QED) is 0.625. The lowest BCUT2D eigenvalue weighted by Crippen LogP contribution is -2.39. The number of hydrogen-bond donors (Lipinski definition) is 1. The van der Waals surface area contributed by atoms with Gasteiger partial charge in [-0.3, -0.25) is 4.99 Å². The van der Waals surface area contributed by atoms with Gasteiger partial charge in [0.15, 0.2) is 0 Å². The summed E-state index contributed by atoms with van der Waals surface area (Å²) in [7, 11) is 0. The highest BCUT2D eigenvalue weighted by Gasteiger charge is 2.25. The van der Waals surface area contributed by atoms with Gasteiger partial charge in [0.25, 0.3) is 0 Å². The van der Waals surface area contributed by atoms with Crippen molar-refractivity contribution in [2.45, 2.75) is 12.8 Å². The van der Waals surface area contributed by atoms with E-state index >= 15 is 0 Å². The maximum absolute atomic E-state index is 13.0. The molecule has 2 aliphatic heterocycles. The lowest BCUT2D eigenvalue weighted by Gasteiger charge is -2.29. The van der Waals surface area contributed by atoms with Crippen LogP contribution < -0.4 is 21.1 Å². The van der Waals surface area contributed by atoms with E-state index in [1.165, 1.54) is 25.6 Å². The Hall–Kier alpha value is -2.14. The van der Waals surface area contributed by atoms with Gasteiger partial charge in [0.2, 0.25) is 0 Å². The summed E-state index contributed by atoms with van der Waals surface area (Å²) in [4.78, 5) is 9.28. The molecule has 2 fully saturated rings. The van der Waals surface area contributed by atoms with Gasteiger partial charge in [-0.25, -0.2) is 4.39 Å². The van der Waals surface area contributed by atoms with Crippen LogP contribution in [0, 0.1) is 5.92 Å². The molecule has 1 atom stereocenters. The standard InChI is InChI=1S/C20H27FN4/c1-15-12-19(5-4-17(15)13-16(2)21)25-10-6-18(14-25)20(22)23-7-11-24-8-3-9-24/h4-5,12-13,18H,1-3,6-11,14H2,(H2,22,23). The summed E-state index contributed by atoms with van der Waals surface area (Å²) in [6, 6.07) is 5.89. The van der Waals surface area contributed by atoms with Gasteiger partial charge in [-0.1, -0.05) is 19.2 Å². The molecule has 4 nitrogen and oxygen atoms in total. The first kappa shape index (κ1) is 17.7. The summed E-state index contributed by atoms with van der Waals surface area (Å²) in [5.74, 6) is 0.624. The van der Waals surface area contributed by atoms with E-state index in [1.807, 2.05) is 18.2 Å². The van der Waals surface area contributed by atoms with Crippen molar-refractivity contribution in [1.29, 1.82) is 0 Å². The molecule has 2 heterocycles. The highest BCUT2D eigenvalue weighted by Crippen LogP contribution is 2.22. The lowest BCUT2D eigenvalue weighted by molar-refractivity contribution is 0.187. The molecule has 0 spiro atoms. The van der Waals surface area contributed by atoms with E-state index in [1.54, 1.807) is 0 Å². The monoisotopic (exact) mass is 342 g/mol. The van der Waals surface area contributed by atoms with Crippen molar-refractivity contribution < 1.29 is 4.39 Å². The predicted molar refractivity (Wildman–Crippen MR) is 104 cm³/mol. The molecule has 134 valence electrons. The van der Waals surface area contributed by atoms with Crippen LogP contribution in [0.5, 0.6) is 0 Å². The SMILES string of the molecule is C=C(F)C=c1ccc(N2CCC(C(N)=NCCN3CCC3)C2)cc1=C. The molecule has 25 heavy (non-hydrogen) atoms. The molecule has 0 aliphatic carbocycles. The molecule has 0 aromatic heterocycles. The van der Waals surface area contributed by atoms with Gasteiger partial charge in [-0.2, -0.15) is 0 Å². The Labute approximate surface area is 148 Å². The molecule has 0 saturated carbocycles. The third-order valence-corrected chi connectivity index (χ3v) is 5.07. The molecular weight excluding hydrogens is 315 g/mol. The van der Waals surface area contributed by atoms with Crippen LogP contribution in [0.2, 0.25) is 0 Å². The molecule has 0 bridgehead atoms. The van der Waals surface area contributed by atoms with Crippen molar-refractivity contribution in [3.63, 3.8) is 0 Å². The number of hydrogen-bond acceptors (Lipinski definition) is 3. The number of likely N-dealkylation sites (tertiary alicyclic amines) is 1. The number of allylic oxidation sites excluding steroid dienone is 1. The van der Waals surface area contributed by atoms with Crippen molar-refractivity contribution in [2.24, 2.45) is 16.6 Å². The molecular formula is C20H27FN4. The molecule has 1 aromatic rings. The van der Waals surface area contributed by atoms with Gasteiger partial charge in [-0.05, 0) is 54.6 Å². The van der Waals surface area contributed by atoms with Gasteiger partial charge >= 0.3 is 0 Å². The average molecular weight is 342 g/mol. The summed E-state index contributed by atoms with van der Waals surface area (Å²) < 4.78 is 13.0. The molecule has 2 saturated heterocycles. The van der Waals surface area contributed by atoms with E-state index in [2.05, 4.69) is 28.0 Å². The molecule has 0 radical (unpaired) electrons. The Morgan fingerprint density at radius 3 is 2.80 bits per heavy atom. The predicted octanol–water partition coefficient (Wildman–Crippen LogP) is 1.25. The number of benzene rings is 1. The van der Waals surface area contributed by atoms with Crippen LogP contribution >= 0.6 is 0 Å². The third kappa shape index (κ3) is 4.48. The molecule has 0 amide bonds. The van der Waals surface area contributed by atoms with Crippen LogP contribution in [0.25, 0.3) is 12.7 Å². The fourth-order valence-electron chi connectivity index (χ4n) is 3.39. The van der Waals surface area contributed by atoms with E-state index in [0.717, 1.165) is 54.6 Å². The van der Waals surface area contributed by atoms with Crippen LogP contribution in [0.1, 0.15) is 12.8 Å². The molecule has 2 N–H and O–H groups in total. The second-order valence-electron chi connectivity index (χ2n) is 6.91. The average Bonchev–Trinajstić information content (AvgIpc) is 3.01. The number of nitrogens with two attached hydrogens (primary N) is 1. The Morgan fingerprint density at radius 1 is 1.36 bits per heavy atom. The van der Waals surface area contributed by atoms with Crippen LogP contribution in [0.15, 0.2) is 35.6 Å². The number of rotatable bonds is 6. The first-order chi connectivity index (χ1) is 12.0. The normalized spacial score (nSPS) is 22.3. The molecule has 3 rings (SSSR count). The van der Waals surface area contributed by atoms with Gasteiger partial charge in [0.05, 0.1) is 12.4 Å².